The Morgan fingerprint density at radius 1 is 1.08 bits per heavy atom. The zero-order valence-electron chi connectivity index (χ0n) is 13.9. The highest BCUT2D eigenvalue weighted by Crippen LogP contribution is 2.33. The highest BCUT2D eigenvalue weighted by molar-refractivity contribution is 5.88. The van der Waals surface area contributed by atoms with Crippen LogP contribution < -0.4 is 14.2 Å². The predicted molar refractivity (Wildman–Crippen MR) is 95.7 cm³/mol. The van der Waals surface area contributed by atoms with E-state index in [4.69, 9.17) is 14.2 Å². The lowest BCUT2D eigenvalue weighted by molar-refractivity contribution is -0.128. The maximum absolute atomic E-state index is 12.0. The van der Waals surface area contributed by atoms with Gasteiger partial charge in [-0.3, -0.25) is 0 Å². The van der Waals surface area contributed by atoms with Crippen molar-refractivity contribution in [3.8, 4) is 22.9 Å². The number of ether oxygens (including phenoxy) is 3. The first-order chi connectivity index (χ1) is 12.8. The van der Waals surface area contributed by atoms with Gasteiger partial charge in [-0.05, 0) is 30.3 Å². The lowest BCUT2D eigenvalue weighted by Crippen LogP contribution is -2.15. The summed E-state index contributed by atoms with van der Waals surface area (Å²) in [5.74, 6) is 1.16. The normalized spacial score (nSPS) is 12.9. The van der Waals surface area contributed by atoms with E-state index in [9.17, 15) is 4.79 Å². The van der Waals surface area contributed by atoms with Gasteiger partial charge in [0, 0.05) is 23.9 Å². The van der Waals surface area contributed by atoms with Crippen molar-refractivity contribution in [1.29, 1.82) is 0 Å². The predicted octanol–water partition coefficient (Wildman–Crippen LogP) is 3.26. The molecule has 0 saturated heterocycles. The highest BCUT2D eigenvalue weighted by atomic mass is 16.6. The topological polar surface area (TPSA) is 62.6 Å². The number of nitrogens with zero attached hydrogens (tertiary/aromatic N) is 2. The maximum Gasteiger partial charge on any atom is 0.336 e. The zero-order chi connectivity index (χ0) is 17.8. The third-order valence-corrected chi connectivity index (χ3v) is 3.77. The van der Waals surface area contributed by atoms with Crippen LogP contribution in [0.5, 0.6) is 17.2 Å². The average Bonchev–Trinajstić information content (AvgIpc) is 3.16. The Labute approximate surface area is 150 Å². The van der Waals surface area contributed by atoms with Crippen LogP contribution in [-0.2, 0) is 4.79 Å². The average molecular weight is 348 g/mol. The first kappa shape index (κ1) is 16.0. The molecule has 0 N–H and O–H groups in total. The van der Waals surface area contributed by atoms with Gasteiger partial charge in [-0.2, -0.15) is 5.10 Å². The van der Waals surface area contributed by atoms with Crippen molar-refractivity contribution in [1.82, 2.24) is 9.78 Å². The summed E-state index contributed by atoms with van der Waals surface area (Å²) in [5.41, 5.74) is 1.75. The Morgan fingerprint density at radius 2 is 1.88 bits per heavy atom. The Morgan fingerprint density at radius 3 is 2.73 bits per heavy atom. The fourth-order valence-corrected chi connectivity index (χ4v) is 2.55. The van der Waals surface area contributed by atoms with Crippen molar-refractivity contribution in [3.05, 3.63) is 72.6 Å². The number of carbonyl (C=O) groups excluding carboxylic acids is 1. The number of rotatable bonds is 4. The number of carbonyl (C=O) groups is 1. The minimum absolute atomic E-state index is 0.406. The van der Waals surface area contributed by atoms with E-state index in [1.165, 1.54) is 6.08 Å². The smallest absolute Gasteiger partial charge is 0.336 e. The maximum atomic E-state index is 12.0. The van der Waals surface area contributed by atoms with E-state index in [2.05, 4.69) is 5.10 Å². The molecule has 6 nitrogen and oxygen atoms in total. The lowest BCUT2D eigenvalue weighted by Gasteiger charge is -2.18. The van der Waals surface area contributed by atoms with Crippen LogP contribution >= 0.6 is 0 Å². The second-order valence-electron chi connectivity index (χ2n) is 5.61. The van der Waals surface area contributed by atoms with Crippen LogP contribution in [0.2, 0.25) is 0 Å². The fraction of sp³-hybridized carbons (Fsp3) is 0.100. The van der Waals surface area contributed by atoms with Crippen LogP contribution in [0.25, 0.3) is 11.8 Å². The minimum atomic E-state index is -0.478. The molecule has 0 fully saturated rings. The Hall–Kier alpha value is -3.54. The van der Waals surface area contributed by atoms with Gasteiger partial charge in [-0.15, -0.1) is 0 Å². The van der Waals surface area contributed by atoms with Gasteiger partial charge in [0.25, 0.3) is 0 Å². The van der Waals surface area contributed by atoms with Gasteiger partial charge < -0.3 is 14.2 Å². The van der Waals surface area contributed by atoms with Crippen molar-refractivity contribution in [2.24, 2.45) is 0 Å². The molecule has 2 heterocycles. The quantitative estimate of drug-likeness (QED) is 0.411. The van der Waals surface area contributed by atoms with Gasteiger partial charge in [0.05, 0.1) is 11.9 Å². The summed E-state index contributed by atoms with van der Waals surface area (Å²) in [6.45, 7) is 1.00. The van der Waals surface area contributed by atoms with Crippen molar-refractivity contribution < 1.29 is 19.0 Å². The largest absolute Gasteiger partial charge is 0.486 e. The van der Waals surface area contributed by atoms with E-state index < -0.39 is 5.97 Å². The number of benzene rings is 2. The standard InChI is InChI=1S/C20H16N2O4/c23-20(26-17-7-8-18-19(12-17)25-11-10-24-18)9-6-15-13-21-22(14-15)16-4-2-1-3-5-16/h1-9,12-14H,10-11H2/b9-6+. The summed E-state index contributed by atoms with van der Waals surface area (Å²) >= 11 is 0. The Bertz CT molecular complexity index is 947. The van der Waals surface area contributed by atoms with Gasteiger partial charge in [-0.1, -0.05) is 18.2 Å². The summed E-state index contributed by atoms with van der Waals surface area (Å²) < 4.78 is 18.0. The monoisotopic (exact) mass is 348 g/mol. The molecule has 1 aliphatic heterocycles. The lowest BCUT2D eigenvalue weighted by atomic mass is 10.3. The van der Waals surface area contributed by atoms with Crippen molar-refractivity contribution in [3.63, 3.8) is 0 Å². The van der Waals surface area contributed by atoms with Gasteiger partial charge >= 0.3 is 5.97 Å². The van der Waals surface area contributed by atoms with E-state index in [0.29, 0.717) is 30.5 Å². The van der Waals surface area contributed by atoms with Gasteiger partial charge in [-0.25, -0.2) is 9.48 Å². The van der Waals surface area contributed by atoms with E-state index in [1.54, 1.807) is 35.2 Å². The number of hydrogen-bond acceptors (Lipinski definition) is 5. The van der Waals surface area contributed by atoms with E-state index in [-0.39, 0.29) is 0 Å². The summed E-state index contributed by atoms with van der Waals surface area (Å²) in [6, 6.07) is 14.8. The molecule has 130 valence electrons. The second-order valence-corrected chi connectivity index (χ2v) is 5.61. The van der Waals surface area contributed by atoms with Crippen molar-refractivity contribution in [2.75, 3.05) is 13.2 Å². The van der Waals surface area contributed by atoms with E-state index in [0.717, 1.165) is 11.3 Å². The van der Waals surface area contributed by atoms with Crippen LogP contribution in [0.4, 0.5) is 0 Å². The number of para-hydroxylation sites is 1. The molecule has 0 aliphatic carbocycles. The molecular weight excluding hydrogens is 332 g/mol. The fourth-order valence-electron chi connectivity index (χ4n) is 2.55. The molecule has 26 heavy (non-hydrogen) atoms. The summed E-state index contributed by atoms with van der Waals surface area (Å²) in [6.07, 6.45) is 6.54. The molecule has 6 heteroatoms. The summed E-state index contributed by atoms with van der Waals surface area (Å²) in [7, 11) is 0. The Balaban J connectivity index is 1.41. The number of hydrogen-bond donors (Lipinski definition) is 0. The number of fused-ring (bicyclic) bond motifs is 1. The third-order valence-electron chi connectivity index (χ3n) is 3.77. The van der Waals surface area contributed by atoms with Gasteiger partial charge in [0.1, 0.15) is 19.0 Å². The van der Waals surface area contributed by atoms with Crippen molar-refractivity contribution >= 4 is 12.0 Å². The molecule has 3 aromatic rings. The number of aromatic nitrogens is 2. The zero-order valence-corrected chi connectivity index (χ0v) is 13.9. The molecule has 0 bridgehead atoms. The molecule has 0 radical (unpaired) electrons. The third kappa shape index (κ3) is 3.59. The van der Waals surface area contributed by atoms with Crippen LogP contribution in [0, 0.1) is 0 Å². The van der Waals surface area contributed by atoms with Crippen LogP contribution in [0.1, 0.15) is 5.56 Å². The molecule has 0 amide bonds. The molecule has 1 aliphatic rings. The Kier molecular flexibility index (Phi) is 4.38. The van der Waals surface area contributed by atoms with Gasteiger partial charge in [0.15, 0.2) is 11.5 Å². The molecule has 0 spiro atoms. The molecule has 4 rings (SSSR count). The van der Waals surface area contributed by atoms with Crippen molar-refractivity contribution in [2.45, 2.75) is 0 Å². The first-order valence-corrected chi connectivity index (χ1v) is 8.17. The minimum Gasteiger partial charge on any atom is -0.486 e. The summed E-state index contributed by atoms with van der Waals surface area (Å²) in [4.78, 5) is 12.0. The first-order valence-electron chi connectivity index (χ1n) is 8.17. The van der Waals surface area contributed by atoms with E-state index >= 15 is 0 Å². The van der Waals surface area contributed by atoms with Crippen LogP contribution in [0.15, 0.2) is 67.0 Å². The molecule has 0 unspecified atom stereocenters. The molecule has 0 atom stereocenters. The van der Waals surface area contributed by atoms with Crippen LogP contribution in [-0.4, -0.2) is 29.0 Å². The molecule has 1 aromatic heterocycles. The molecular formula is C20H16N2O4. The summed E-state index contributed by atoms with van der Waals surface area (Å²) in [5, 5.41) is 4.28. The second kappa shape index (κ2) is 7.14. The molecule has 0 saturated carbocycles. The molecule has 2 aromatic carbocycles. The SMILES string of the molecule is O=C(/C=C/c1cnn(-c2ccccc2)c1)Oc1ccc2c(c1)OCCO2. The van der Waals surface area contributed by atoms with Gasteiger partial charge in [0.2, 0.25) is 0 Å². The highest BCUT2D eigenvalue weighted by Gasteiger charge is 2.13. The number of esters is 1. The van der Waals surface area contributed by atoms with E-state index in [1.807, 2.05) is 36.5 Å². The van der Waals surface area contributed by atoms with Crippen LogP contribution in [0.3, 0.4) is 0 Å².